The molecular formula is C17H20N4O3S. The summed E-state index contributed by atoms with van der Waals surface area (Å²) >= 11 is 1.58. The van der Waals surface area contributed by atoms with E-state index in [9.17, 15) is 9.59 Å². The second-order valence-electron chi connectivity index (χ2n) is 5.86. The fraction of sp³-hybridized carbons (Fsp3) is 0.353. The zero-order chi connectivity index (χ0) is 17.8. The number of carbonyl (C=O) groups is 2. The summed E-state index contributed by atoms with van der Waals surface area (Å²) in [5, 5.41) is 3.85. The molecule has 0 bridgehead atoms. The van der Waals surface area contributed by atoms with Crippen molar-refractivity contribution < 1.29 is 14.3 Å². The van der Waals surface area contributed by atoms with Crippen molar-refractivity contribution in [1.82, 2.24) is 14.8 Å². The monoisotopic (exact) mass is 360 g/mol. The maximum atomic E-state index is 12.3. The largest absolute Gasteiger partial charge is 0.448 e. The lowest BCUT2D eigenvalue weighted by Gasteiger charge is -2.17. The first-order valence-electron chi connectivity index (χ1n) is 7.95. The highest BCUT2D eigenvalue weighted by molar-refractivity contribution is 7.11. The van der Waals surface area contributed by atoms with Crippen molar-refractivity contribution in [3.8, 4) is 0 Å². The molecule has 1 aromatic carbocycles. The van der Waals surface area contributed by atoms with Crippen molar-refractivity contribution in [2.24, 2.45) is 0 Å². The number of cyclic esters (lactones) is 1. The molecule has 0 atom stereocenters. The van der Waals surface area contributed by atoms with E-state index in [1.165, 1.54) is 0 Å². The molecule has 132 valence electrons. The third-order valence-electron chi connectivity index (χ3n) is 3.83. The lowest BCUT2D eigenvalue weighted by Crippen LogP contribution is -2.30. The molecule has 1 N–H and O–H groups in total. The number of rotatable bonds is 5. The SMILES string of the molecule is Cc1ncc(CN(C)C(=O)Nc2ccc(CN3CCOC3=O)cc2)s1. The van der Waals surface area contributed by atoms with Crippen LogP contribution in [0, 0.1) is 6.92 Å². The number of hydrogen-bond acceptors (Lipinski definition) is 5. The van der Waals surface area contributed by atoms with Crippen molar-refractivity contribution in [1.29, 1.82) is 0 Å². The van der Waals surface area contributed by atoms with Crippen molar-refractivity contribution in [3.05, 3.63) is 45.9 Å². The highest BCUT2D eigenvalue weighted by Gasteiger charge is 2.21. The van der Waals surface area contributed by atoms with E-state index in [4.69, 9.17) is 4.74 Å². The fourth-order valence-electron chi connectivity index (χ4n) is 2.49. The molecule has 7 nitrogen and oxygen atoms in total. The Bertz CT molecular complexity index is 760. The van der Waals surface area contributed by atoms with Gasteiger partial charge in [-0.3, -0.25) is 0 Å². The zero-order valence-corrected chi connectivity index (χ0v) is 15.0. The Morgan fingerprint density at radius 3 is 2.76 bits per heavy atom. The van der Waals surface area contributed by atoms with E-state index in [-0.39, 0.29) is 12.1 Å². The van der Waals surface area contributed by atoms with E-state index in [1.54, 1.807) is 34.4 Å². The topological polar surface area (TPSA) is 74.8 Å². The van der Waals surface area contributed by atoms with E-state index in [2.05, 4.69) is 10.3 Å². The highest BCUT2D eigenvalue weighted by Crippen LogP contribution is 2.16. The van der Waals surface area contributed by atoms with Crippen LogP contribution in [0.2, 0.25) is 0 Å². The van der Waals surface area contributed by atoms with Crippen molar-refractivity contribution in [2.45, 2.75) is 20.0 Å². The van der Waals surface area contributed by atoms with Gasteiger partial charge in [-0.15, -0.1) is 11.3 Å². The third kappa shape index (κ3) is 4.48. The van der Waals surface area contributed by atoms with Gasteiger partial charge in [0.1, 0.15) is 6.61 Å². The number of ether oxygens (including phenoxy) is 1. The first-order valence-corrected chi connectivity index (χ1v) is 8.77. The van der Waals surface area contributed by atoms with Gasteiger partial charge >= 0.3 is 12.1 Å². The predicted octanol–water partition coefficient (Wildman–Crippen LogP) is 3.07. The number of urea groups is 1. The predicted molar refractivity (Wildman–Crippen MR) is 95.5 cm³/mol. The summed E-state index contributed by atoms with van der Waals surface area (Å²) in [5.74, 6) is 0. The fourth-order valence-corrected chi connectivity index (χ4v) is 3.33. The maximum absolute atomic E-state index is 12.3. The smallest absolute Gasteiger partial charge is 0.410 e. The van der Waals surface area contributed by atoms with Gasteiger partial charge in [-0.1, -0.05) is 12.1 Å². The van der Waals surface area contributed by atoms with Gasteiger partial charge in [0, 0.05) is 30.4 Å². The van der Waals surface area contributed by atoms with Crippen LogP contribution in [-0.2, 0) is 17.8 Å². The molecule has 1 aromatic heterocycles. The standard InChI is InChI=1S/C17H20N4O3S/c1-12-18-9-15(25-12)11-20(2)16(22)19-14-5-3-13(4-6-14)10-21-7-8-24-17(21)23/h3-6,9H,7-8,10-11H2,1-2H3,(H,19,22). The first-order chi connectivity index (χ1) is 12.0. The molecule has 1 fully saturated rings. The molecule has 3 rings (SSSR count). The van der Waals surface area contributed by atoms with Crippen molar-refractivity contribution >= 4 is 29.1 Å². The molecule has 2 aromatic rings. The van der Waals surface area contributed by atoms with Gasteiger partial charge < -0.3 is 19.9 Å². The Morgan fingerprint density at radius 1 is 1.40 bits per heavy atom. The van der Waals surface area contributed by atoms with Crippen LogP contribution in [0.3, 0.4) is 0 Å². The summed E-state index contributed by atoms with van der Waals surface area (Å²) in [6.07, 6.45) is 1.51. The number of aromatic nitrogens is 1. The second kappa shape index (κ2) is 7.52. The van der Waals surface area contributed by atoms with Gasteiger partial charge in [-0.25, -0.2) is 14.6 Å². The average Bonchev–Trinajstić information content (AvgIpc) is 3.18. The van der Waals surface area contributed by atoms with Crippen LogP contribution < -0.4 is 5.32 Å². The average molecular weight is 360 g/mol. The summed E-state index contributed by atoms with van der Waals surface area (Å²) in [7, 11) is 1.75. The lowest BCUT2D eigenvalue weighted by molar-refractivity contribution is 0.157. The van der Waals surface area contributed by atoms with Crippen LogP contribution in [-0.4, -0.2) is 47.1 Å². The summed E-state index contributed by atoms with van der Waals surface area (Å²) in [6, 6.07) is 7.28. The summed E-state index contributed by atoms with van der Waals surface area (Å²) in [4.78, 5) is 32.2. The van der Waals surface area contributed by atoms with Gasteiger partial charge in [-0.05, 0) is 24.6 Å². The van der Waals surface area contributed by atoms with Crippen LogP contribution in [0.15, 0.2) is 30.5 Å². The number of aryl methyl sites for hydroxylation is 1. The molecule has 0 unspecified atom stereocenters. The molecule has 1 aliphatic heterocycles. The van der Waals surface area contributed by atoms with Gasteiger partial charge in [0.25, 0.3) is 0 Å². The molecule has 1 aliphatic rings. The molecule has 1 saturated heterocycles. The van der Waals surface area contributed by atoms with Crippen LogP contribution in [0.4, 0.5) is 15.3 Å². The Hall–Kier alpha value is -2.61. The lowest BCUT2D eigenvalue weighted by atomic mass is 10.2. The van der Waals surface area contributed by atoms with Crippen molar-refractivity contribution in [3.63, 3.8) is 0 Å². The number of hydrogen-bond donors (Lipinski definition) is 1. The molecular weight excluding hydrogens is 340 g/mol. The van der Waals surface area contributed by atoms with Crippen molar-refractivity contribution in [2.75, 3.05) is 25.5 Å². The molecule has 0 saturated carbocycles. The zero-order valence-electron chi connectivity index (χ0n) is 14.2. The number of nitrogens with one attached hydrogen (secondary N) is 1. The van der Waals surface area contributed by atoms with E-state index in [1.807, 2.05) is 31.2 Å². The third-order valence-corrected chi connectivity index (χ3v) is 4.73. The Balaban J connectivity index is 1.53. The molecule has 0 spiro atoms. The molecule has 2 heterocycles. The van der Waals surface area contributed by atoms with Crippen LogP contribution in [0.1, 0.15) is 15.4 Å². The molecule has 3 amide bonds. The van der Waals surface area contributed by atoms with Crippen LogP contribution in [0.25, 0.3) is 0 Å². The Morgan fingerprint density at radius 2 is 2.16 bits per heavy atom. The van der Waals surface area contributed by atoms with Gasteiger partial charge in [-0.2, -0.15) is 0 Å². The van der Waals surface area contributed by atoms with Gasteiger partial charge in [0.2, 0.25) is 0 Å². The quantitative estimate of drug-likeness (QED) is 0.889. The summed E-state index contributed by atoms with van der Waals surface area (Å²) in [5.41, 5.74) is 1.70. The minimum absolute atomic E-state index is 0.179. The molecule has 25 heavy (non-hydrogen) atoms. The van der Waals surface area contributed by atoms with Gasteiger partial charge in [0.05, 0.1) is 18.1 Å². The summed E-state index contributed by atoms with van der Waals surface area (Å²) < 4.78 is 4.91. The van der Waals surface area contributed by atoms with Crippen LogP contribution in [0.5, 0.6) is 0 Å². The number of carbonyl (C=O) groups excluding carboxylic acids is 2. The number of thiazole rings is 1. The van der Waals surface area contributed by atoms with E-state index in [0.29, 0.717) is 31.9 Å². The van der Waals surface area contributed by atoms with E-state index >= 15 is 0 Å². The molecule has 0 radical (unpaired) electrons. The molecule has 8 heteroatoms. The normalized spacial score (nSPS) is 13.7. The van der Waals surface area contributed by atoms with E-state index < -0.39 is 0 Å². The minimum atomic E-state index is -0.280. The molecule has 0 aliphatic carbocycles. The van der Waals surface area contributed by atoms with Crippen LogP contribution >= 0.6 is 11.3 Å². The number of anilines is 1. The maximum Gasteiger partial charge on any atom is 0.410 e. The Kier molecular flexibility index (Phi) is 5.18. The minimum Gasteiger partial charge on any atom is -0.448 e. The first kappa shape index (κ1) is 17.2. The Labute approximate surface area is 150 Å². The summed E-state index contributed by atoms with van der Waals surface area (Å²) in [6.45, 7) is 4.03. The van der Waals surface area contributed by atoms with E-state index in [0.717, 1.165) is 15.4 Å². The number of amides is 3. The highest BCUT2D eigenvalue weighted by atomic mass is 32.1. The number of benzene rings is 1. The second-order valence-corrected chi connectivity index (χ2v) is 7.18. The van der Waals surface area contributed by atoms with Gasteiger partial charge in [0.15, 0.2) is 0 Å². The number of nitrogens with zero attached hydrogens (tertiary/aromatic N) is 3.